The second kappa shape index (κ2) is 6.69. The molecule has 0 saturated heterocycles. The van der Waals surface area contributed by atoms with Gasteiger partial charge in [-0.2, -0.15) is 0 Å². The summed E-state index contributed by atoms with van der Waals surface area (Å²) in [6, 6.07) is 15.3. The van der Waals surface area contributed by atoms with Gasteiger partial charge in [-0.15, -0.1) is 0 Å². The molecule has 3 aromatic rings. The third-order valence-corrected chi connectivity index (χ3v) is 4.58. The molecule has 0 amide bonds. The van der Waals surface area contributed by atoms with Gasteiger partial charge in [-0.3, -0.25) is 0 Å². The number of benzene rings is 1. The van der Waals surface area contributed by atoms with Gasteiger partial charge in [0.25, 0.3) is 0 Å². The molecule has 0 fully saturated rings. The molecule has 5 heteroatoms. The van der Waals surface area contributed by atoms with Crippen molar-refractivity contribution in [1.82, 2.24) is 0 Å². The van der Waals surface area contributed by atoms with Crippen molar-refractivity contribution in [2.45, 2.75) is 25.7 Å². The number of oxime groups is 1. The van der Waals surface area contributed by atoms with E-state index in [-0.39, 0.29) is 5.41 Å². The summed E-state index contributed by atoms with van der Waals surface area (Å²) >= 11 is 3.40. The van der Waals surface area contributed by atoms with Crippen molar-refractivity contribution in [2.24, 2.45) is 5.16 Å². The van der Waals surface area contributed by atoms with Gasteiger partial charge in [0, 0.05) is 4.47 Å². The van der Waals surface area contributed by atoms with Gasteiger partial charge in [0.2, 0.25) is 0 Å². The Hall–Kier alpha value is -2.27. The van der Waals surface area contributed by atoms with Crippen molar-refractivity contribution < 1.29 is 14.0 Å². The first-order valence-corrected chi connectivity index (χ1v) is 8.40. The number of furan rings is 2. The van der Waals surface area contributed by atoms with Gasteiger partial charge >= 0.3 is 0 Å². The van der Waals surface area contributed by atoms with E-state index in [4.69, 9.17) is 8.83 Å². The number of rotatable bonds is 5. The molecule has 0 unspecified atom stereocenters. The summed E-state index contributed by atoms with van der Waals surface area (Å²) in [4.78, 5) is 0. The molecule has 4 nitrogen and oxygen atoms in total. The summed E-state index contributed by atoms with van der Waals surface area (Å²) in [5.41, 5.74) is 1.04. The number of nitrogens with zero attached hydrogens (tertiary/aromatic N) is 1. The smallest absolute Gasteiger partial charge is 0.117 e. The van der Waals surface area contributed by atoms with E-state index in [0.29, 0.717) is 12.1 Å². The topological polar surface area (TPSA) is 58.9 Å². The van der Waals surface area contributed by atoms with E-state index in [9.17, 15) is 5.21 Å². The van der Waals surface area contributed by atoms with Crippen molar-refractivity contribution in [3.05, 3.63) is 82.1 Å². The standard InChI is InChI=1S/C19H18BrNO3/c1-19(2,17-4-3-11-23-17)18-10-9-15(24-18)12-16(21-22)13-5-7-14(20)8-6-13/h3-11,22H,12H2,1-2H3/b21-16-. The van der Waals surface area contributed by atoms with Crippen LogP contribution < -0.4 is 0 Å². The molecule has 1 N–H and O–H groups in total. The molecular formula is C19H18BrNO3. The summed E-state index contributed by atoms with van der Waals surface area (Å²) in [6.45, 7) is 4.09. The van der Waals surface area contributed by atoms with Crippen molar-refractivity contribution >= 4 is 21.6 Å². The Labute approximate surface area is 148 Å². The van der Waals surface area contributed by atoms with Crippen LogP contribution in [-0.2, 0) is 11.8 Å². The zero-order valence-electron chi connectivity index (χ0n) is 13.5. The SMILES string of the molecule is CC(C)(c1ccco1)c1ccc(C/C(=N/O)c2ccc(Br)cc2)o1. The van der Waals surface area contributed by atoms with Crippen LogP contribution in [0.2, 0.25) is 0 Å². The van der Waals surface area contributed by atoms with Crippen LogP contribution in [-0.4, -0.2) is 10.9 Å². The fourth-order valence-corrected chi connectivity index (χ4v) is 2.83. The van der Waals surface area contributed by atoms with Crippen molar-refractivity contribution in [2.75, 3.05) is 0 Å². The summed E-state index contributed by atoms with van der Waals surface area (Å²) in [5, 5.41) is 12.8. The van der Waals surface area contributed by atoms with Gasteiger partial charge in [0.05, 0.1) is 23.8 Å². The highest BCUT2D eigenvalue weighted by atomic mass is 79.9. The third-order valence-electron chi connectivity index (χ3n) is 4.05. The Bertz CT molecular complexity index is 830. The first-order chi connectivity index (χ1) is 11.5. The van der Waals surface area contributed by atoms with Crippen molar-refractivity contribution in [3.8, 4) is 0 Å². The van der Waals surface area contributed by atoms with Gasteiger partial charge in [0.15, 0.2) is 0 Å². The van der Waals surface area contributed by atoms with Crippen molar-refractivity contribution in [1.29, 1.82) is 0 Å². The second-order valence-electron chi connectivity index (χ2n) is 6.10. The van der Waals surface area contributed by atoms with Crippen molar-refractivity contribution in [3.63, 3.8) is 0 Å². The fourth-order valence-electron chi connectivity index (χ4n) is 2.57. The van der Waals surface area contributed by atoms with E-state index in [1.165, 1.54) is 0 Å². The average Bonchev–Trinajstić information content (AvgIpc) is 3.26. The molecule has 0 saturated carbocycles. The van der Waals surface area contributed by atoms with E-state index >= 15 is 0 Å². The molecule has 0 bridgehead atoms. The predicted molar refractivity (Wildman–Crippen MR) is 95.7 cm³/mol. The second-order valence-corrected chi connectivity index (χ2v) is 7.01. The molecule has 24 heavy (non-hydrogen) atoms. The van der Waals surface area contributed by atoms with Gasteiger partial charge in [-0.25, -0.2) is 0 Å². The average molecular weight is 388 g/mol. The van der Waals surface area contributed by atoms with E-state index in [1.54, 1.807) is 6.26 Å². The summed E-state index contributed by atoms with van der Waals surface area (Å²) in [5.74, 6) is 2.38. The number of hydrogen-bond acceptors (Lipinski definition) is 4. The van der Waals surface area contributed by atoms with Crippen LogP contribution in [0.1, 0.15) is 36.7 Å². The maximum atomic E-state index is 9.35. The molecule has 0 atom stereocenters. The molecule has 1 aromatic carbocycles. The zero-order valence-corrected chi connectivity index (χ0v) is 15.1. The Morgan fingerprint density at radius 2 is 1.83 bits per heavy atom. The predicted octanol–water partition coefficient (Wildman–Crippen LogP) is 5.38. The zero-order chi connectivity index (χ0) is 17.2. The molecule has 0 aliphatic rings. The minimum Gasteiger partial charge on any atom is -0.468 e. The third kappa shape index (κ3) is 3.31. The van der Waals surface area contributed by atoms with Gasteiger partial charge in [-0.05, 0) is 55.8 Å². The monoisotopic (exact) mass is 387 g/mol. The molecule has 0 aliphatic carbocycles. The van der Waals surface area contributed by atoms with Crippen LogP contribution in [0, 0.1) is 0 Å². The van der Waals surface area contributed by atoms with Crippen LogP contribution in [0.3, 0.4) is 0 Å². The van der Waals surface area contributed by atoms with Crippen LogP contribution in [0.4, 0.5) is 0 Å². The molecule has 0 radical (unpaired) electrons. The first kappa shape index (κ1) is 16.6. The van der Waals surface area contributed by atoms with E-state index < -0.39 is 0 Å². The quantitative estimate of drug-likeness (QED) is 0.363. The van der Waals surface area contributed by atoms with Crippen LogP contribution in [0.15, 0.2) is 73.3 Å². The summed E-state index contributed by atoms with van der Waals surface area (Å²) in [6.07, 6.45) is 2.07. The highest BCUT2D eigenvalue weighted by molar-refractivity contribution is 9.10. The number of halogens is 1. The molecule has 3 rings (SSSR count). The van der Waals surface area contributed by atoms with Crippen LogP contribution in [0.5, 0.6) is 0 Å². The molecule has 0 spiro atoms. The van der Waals surface area contributed by atoms with Gasteiger partial charge in [0.1, 0.15) is 17.3 Å². The lowest BCUT2D eigenvalue weighted by Crippen LogP contribution is -2.17. The Morgan fingerprint density at radius 1 is 1.08 bits per heavy atom. The van der Waals surface area contributed by atoms with Gasteiger partial charge < -0.3 is 14.0 Å². The minimum absolute atomic E-state index is 0.365. The van der Waals surface area contributed by atoms with E-state index in [0.717, 1.165) is 27.3 Å². The molecule has 124 valence electrons. The maximum Gasteiger partial charge on any atom is 0.117 e. The van der Waals surface area contributed by atoms with E-state index in [1.807, 2.05) is 62.4 Å². The van der Waals surface area contributed by atoms with Crippen LogP contribution in [0.25, 0.3) is 0 Å². The lowest BCUT2D eigenvalue weighted by molar-refractivity contribution is 0.317. The Morgan fingerprint density at radius 3 is 2.46 bits per heavy atom. The number of hydrogen-bond donors (Lipinski definition) is 1. The first-order valence-electron chi connectivity index (χ1n) is 7.61. The largest absolute Gasteiger partial charge is 0.468 e. The van der Waals surface area contributed by atoms with E-state index in [2.05, 4.69) is 21.1 Å². The summed E-state index contributed by atoms with van der Waals surface area (Å²) in [7, 11) is 0. The highest BCUT2D eigenvalue weighted by Crippen LogP contribution is 2.33. The lowest BCUT2D eigenvalue weighted by atomic mass is 9.87. The molecular weight excluding hydrogens is 370 g/mol. The Kier molecular flexibility index (Phi) is 4.62. The maximum absolute atomic E-state index is 9.35. The minimum atomic E-state index is -0.365. The summed E-state index contributed by atoms with van der Waals surface area (Å²) < 4.78 is 12.5. The van der Waals surface area contributed by atoms with Crippen LogP contribution >= 0.6 is 15.9 Å². The highest BCUT2D eigenvalue weighted by Gasteiger charge is 2.29. The Balaban J connectivity index is 1.82. The molecule has 0 aliphatic heterocycles. The lowest BCUT2D eigenvalue weighted by Gasteiger charge is -2.19. The molecule has 2 heterocycles. The normalized spacial score (nSPS) is 12.5. The fraction of sp³-hybridized carbons (Fsp3) is 0.211. The van der Waals surface area contributed by atoms with Gasteiger partial charge in [-0.1, -0.05) is 33.2 Å². The molecule has 2 aromatic heterocycles.